The highest BCUT2D eigenvalue weighted by Gasteiger charge is 2.43. The van der Waals surface area contributed by atoms with E-state index in [1.54, 1.807) is 29.2 Å². The summed E-state index contributed by atoms with van der Waals surface area (Å²) in [6.07, 6.45) is 6.19. The van der Waals surface area contributed by atoms with Crippen LogP contribution in [0.25, 0.3) is 5.69 Å². The molecule has 6 heteroatoms. The first-order valence-corrected chi connectivity index (χ1v) is 7.34. The molecule has 1 fully saturated rings. The lowest BCUT2D eigenvalue weighted by molar-refractivity contribution is -0.129. The Hall–Kier alpha value is -1.85. The average molecular weight is 305 g/mol. The number of amides is 1. The van der Waals surface area contributed by atoms with Crippen LogP contribution in [0.3, 0.4) is 0 Å². The smallest absolute Gasteiger partial charge is 0.231 e. The third-order valence-corrected chi connectivity index (χ3v) is 4.46. The van der Waals surface area contributed by atoms with Gasteiger partial charge in [-0.1, -0.05) is 24.1 Å². The molecular weight excluding hydrogens is 288 g/mol. The minimum atomic E-state index is -0.427. The van der Waals surface area contributed by atoms with Gasteiger partial charge in [0.1, 0.15) is 5.69 Å². The molecule has 0 saturated heterocycles. The molecule has 1 aliphatic rings. The van der Waals surface area contributed by atoms with Gasteiger partial charge in [-0.25, -0.2) is 4.68 Å². The molecule has 1 amide bonds. The average Bonchev–Trinajstić information content (AvgIpc) is 2.92. The fourth-order valence-corrected chi connectivity index (χ4v) is 2.89. The van der Waals surface area contributed by atoms with Crippen molar-refractivity contribution in [1.29, 1.82) is 0 Å². The summed E-state index contributed by atoms with van der Waals surface area (Å²) in [5.74, 6) is -0.0353. The Labute approximate surface area is 128 Å². The number of anilines is 1. The number of aromatic nitrogens is 2. The van der Waals surface area contributed by atoms with E-state index in [0.29, 0.717) is 22.9 Å². The molecule has 0 unspecified atom stereocenters. The van der Waals surface area contributed by atoms with Crippen LogP contribution < -0.4 is 11.1 Å². The molecule has 0 radical (unpaired) electrons. The number of para-hydroxylation sites is 1. The predicted octanol–water partition coefficient (Wildman–Crippen LogP) is 2.59. The number of nitrogens with zero attached hydrogens (tertiary/aromatic N) is 2. The Morgan fingerprint density at radius 3 is 2.81 bits per heavy atom. The summed E-state index contributed by atoms with van der Waals surface area (Å²) < 4.78 is 1.65. The van der Waals surface area contributed by atoms with Crippen LogP contribution in [0.2, 0.25) is 5.02 Å². The molecule has 21 heavy (non-hydrogen) atoms. The summed E-state index contributed by atoms with van der Waals surface area (Å²) in [6, 6.07) is 7.21. The predicted molar refractivity (Wildman–Crippen MR) is 82.5 cm³/mol. The largest absolute Gasteiger partial charge is 0.329 e. The minimum Gasteiger partial charge on any atom is -0.329 e. The summed E-state index contributed by atoms with van der Waals surface area (Å²) in [6.45, 7) is 0.372. The zero-order chi connectivity index (χ0) is 14.9. The highest BCUT2D eigenvalue weighted by Crippen LogP contribution is 2.41. The van der Waals surface area contributed by atoms with E-state index in [4.69, 9.17) is 17.3 Å². The maximum atomic E-state index is 12.5. The summed E-state index contributed by atoms with van der Waals surface area (Å²) in [4.78, 5) is 12.5. The van der Waals surface area contributed by atoms with Crippen LogP contribution in [-0.4, -0.2) is 22.2 Å². The highest BCUT2D eigenvalue weighted by molar-refractivity contribution is 6.33. The maximum Gasteiger partial charge on any atom is 0.231 e. The van der Waals surface area contributed by atoms with E-state index in [9.17, 15) is 4.79 Å². The van der Waals surface area contributed by atoms with Crippen molar-refractivity contribution in [3.05, 3.63) is 41.7 Å². The van der Waals surface area contributed by atoms with Crippen LogP contribution in [0, 0.1) is 5.41 Å². The van der Waals surface area contributed by atoms with Crippen LogP contribution in [-0.2, 0) is 4.79 Å². The second kappa shape index (κ2) is 5.50. The standard InChI is InChI=1S/C15H17ClN4O/c16-11-4-1-5-12(13(11)20-9-3-8-18-20)19-14(21)15(10-17)6-2-7-15/h1,3-5,8-9H,2,6-7,10,17H2,(H,19,21). The Balaban J connectivity index is 1.93. The molecule has 1 heterocycles. The van der Waals surface area contributed by atoms with Gasteiger partial charge in [0, 0.05) is 18.9 Å². The molecule has 5 nitrogen and oxygen atoms in total. The van der Waals surface area contributed by atoms with Crippen molar-refractivity contribution in [1.82, 2.24) is 9.78 Å². The van der Waals surface area contributed by atoms with Crippen LogP contribution in [0.4, 0.5) is 5.69 Å². The molecule has 0 spiro atoms. The van der Waals surface area contributed by atoms with Crippen molar-refractivity contribution < 1.29 is 4.79 Å². The van der Waals surface area contributed by atoms with Gasteiger partial charge in [0.25, 0.3) is 0 Å². The Kier molecular flexibility index (Phi) is 3.69. The van der Waals surface area contributed by atoms with E-state index in [-0.39, 0.29) is 5.91 Å². The zero-order valence-corrected chi connectivity index (χ0v) is 12.3. The number of halogens is 1. The Morgan fingerprint density at radius 2 is 2.24 bits per heavy atom. The molecular formula is C15H17ClN4O. The summed E-state index contributed by atoms with van der Waals surface area (Å²) in [5, 5.41) is 7.69. The normalized spacial score (nSPS) is 16.3. The number of rotatable bonds is 4. The van der Waals surface area contributed by atoms with Crippen molar-refractivity contribution in [2.45, 2.75) is 19.3 Å². The maximum absolute atomic E-state index is 12.5. The van der Waals surface area contributed by atoms with Gasteiger partial charge in [-0.05, 0) is 31.0 Å². The number of carbonyl (C=O) groups is 1. The van der Waals surface area contributed by atoms with Crippen LogP contribution in [0.15, 0.2) is 36.7 Å². The van der Waals surface area contributed by atoms with Crippen LogP contribution >= 0.6 is 11.6 Å². The van der Waals surface area contributed by atoms with E-state index < -0.39 is 5.41 Å². The van der Waals surface area contributed by atoms with E-state index in [2.05, 4.69) is 10.4 Å². The monoisotopic (exact) mass is 304 g/mol. The number of hydrogen-bond donors (Lipinski definition) is 2. The fraction of sp³-hybridized carbons (Fsp3) is 0.333. The van der Waals surface area contributed by atoms with Gasteiger partial charge in [0.05, 0.1) is 16.1 Å². The molecule has 0 bridgehead atoms. The van der Waals surface area contributed by atoms with Gasteiger partial charge in [-0.2, -0.15) is 5.10 Å². The molecule has 1 saturated carbocycles. The quantitative estimate of drug-likeness (QED) is 0.912. The summed E-state index contributed by atoms with van der Waals surface area (Å²) >= 11 is 6.26. The van der Waals surface area contributed by atoms with Crippen LogP contribution in [0.1, 0.15) is 19.3 Å². The van der Waals surface area contributed by atoms with Crippen LogP contribution in [0.5, 0.6) is 0 Å². The van der Waals surface area contributed by atoms with Gasteiger partial charge in [-0.3, -0.25) is 4.79 Å². The third kappa shape index (κ3) is 2.43. The molecule has 1 aromatic carbocycles. The second-order valence-corrected chi connectivity index (χ2v) is 5.79. The van der Waals surface area contributed by atoms with Crippen molar-refractivity contribution in [2.24, 2.45) is 11.1 Å². The molecule has 1 aromatic heterocycles. The van der Waals surface area contributed by atoms with Crippen molar-refractivity contribution in [3.63, 3.8) is 0 Å². The van der Waals surface area contributed by atoms with E-state index in [1.165, 1.54) is 0 Å². The zero-order valence-electron chi connectivity index (χ0n) is 11.6. The van der Waals surface area contributed by atoms with Gasteiger partial charge >= 0.3 is 0 Å². The molecule has 3 N–H and O–H groups in total. The molecule has 0 aliphatic heterocycles. The highest BCUT2D eigenvalue weighted by atomic mass is 35.5. The fourth-order valence-electron chi connectivity index (χ4n) is 2.63. The molecule has 110 valence electrons. The molecule has 2 aromatic rings. The number of carbonyl (C=O) groups excluding carboxylic acids is 1. The van der Waals surface area contributed by atoms with Crippen molar-refractivity contribution >= 4 is 23.2 Å². The van der Waals surface area contributed by atoms with E-state index in [0.717, 1.165) is 19.3 Å². The Bertz CT molecular complexity index is 644. The summed E-state index contributed by atoms with van der Waals surface area (Å²) in [7, 11) is 0. The van der Waals surface area contributed by atoms with E-state index >= 15 is 0 Å². The van der Waals surface area contributed by atoms with Gasteiger partial charge < -0.3 is 11.1 Å². The molecule has 3 rings (SSSR count). The lowest BCUT2D eigenvalue weighted by Crippen LogP contribution is -2.47. The third-order valence-electron chi connectivity index (χ3n) is 4.15. The SMILES string of the molecule is NCC1(C(=O)Nc2cccc(Cl)c2-n2cccn2)CCC1. The van der Waals surface area contributed by atoms with Gasteiger partial charge in [-0.15, -0.1) is 0 Å². The molecule has 1 aliphatic carbocycles. The van der Waals surface area contributed by atoms with Crippen molar-refractivity contribution in [2.75, 3.05) is 11.9 Å². The number of hydrogen-bond acceptors (Lipinski definition) is 3. The first kappa shape index (κ1) is 14.1. The van der Waals surface area contributed by atoms with Gasteiger partial charge in [0.2, 0.25) is 5.91 Å². The Morgan fingerprint density at radius 1 is 1.43 bits per heavy atom. The topological polar surface area (TPSA) is 72.9 Å². The number of nitrogens with one attached hydrogen (secondary N) is 1. The lowest BCUT2D eigenvalue weighted by Gasteiger charge is -2.39. The molecule has 0 atom stereocenters. The second-order valence-electron chi connectivity index (χ2n) is 5.38. The summed E-state index contributed by atoms with van der Waals surface area (Å²) in [5.41, 5.74) is 6.67. The number of benzene rings is 1. The lowest BCUT2D eigenvalue weighted by atomic mass is 9.68. The first-order chi connectivity index (χ1) is 10.2. The van der Waals surface area contributed by atoms with Crippen molar-refractivity contribution in [3.8, 4) is 5.69 Å². The number of nitrogens with two attached hydrogens (primary N) is 1. The minimum absolute atomic E-state index is 0.0353. The first-order valence-electron chi connectivity index (χ1n) is 6.96. The van der Waals surface area contributed by atoms with Gasteiger partial charge in [0.15, 0.2) is 0 Å². The van der Waals surface area contributed by atoms with E-state index in [1.807, 2.05) is 12.1 Å².